The Bertz CT molecular complexity index is 2260. The van der Waals surface area contributed by atoms with Crippen molar-refractivity contribution in [3.8, 4) is 17.2 Å². The number of hydrazine groups is 1. The van der Waals surface area contributed by atoms with E-state index >= 15 is 0 Å². The van der Waals surface area contributed by atoms with E-state index in [1.807, 2.05) is 50.2 Å². The van der Waals surface area contributed by atoms with E-state index in [1.165, 1.54) is 33.3 Å². The highest BCUT2D eigenvalue weighted by atomic mass is 16.5. The van der Waals surface area contributed by atoms with Gasteiger partial charge < -0.3 is 45.5 Å². The lowest BCUT2D eigenvalue weighted by Gasteiger charge is -2.28. The fourth-order valence-corrected chi connectivity index (χ4v) is 7.06. The molecule has 0 aliphatic carbocycles. The molecule has 4 atom stereocenters. The number of fused-ring (bicyclic) bond motifs is 1. The maximum absolute atomic E-state index is 13.5. The first-order valence-corrected chi connectivity index (χ1v) is 23.3. The van der Waals surface area contributed by atoms with E-state index in [1.54, 1.807) is 47.6 Å². The Labute approximate surface area is 404 Å². The number of esters is 1. The van der Waals surface area contributed by atoms with Gasteiger partial charge in [-0.2, -0.15) is 0 Å². The van der Waals surface area contributed by atoms with Gasteiger partial charge in [-0.05, 0) is 96.2 Å². The molecule has 0 aliphatic rings. The maximum atomic E-state index is 13.5. The monoisotopic (exact) mass is 962 g/mol. The van der Waals surface area contributed by atoms with Crippen LogP contribution in [0, 0.1) is 23.7 Å². The number of rotatable bonds is 26. The normalized spacial score (nSPS) is 12.9. The highest BCUT2D eigenvalue weighted by Crippen LogP contribution is 2.26. The van der Waals surface area contributed by atoms with Gasteiger partial charge in [-0.15, -0.1) is 0 Å². The molecule has 0 fully saturated rings. The molecular weight excluding hydrogens is 891 g/mol. The van der Waals surface area contributed by atoms with Crippen molar-refractivity contribution in [1.29, 1.82) is 0 Å². The van der Waals surface area contributed by atoms with Gasteiger partial charge in [0.1, 0.15) is 41.4 Å². The molecule has 0 unspecified atom stereocenters. The van der Waals surface area contributed by atoms with Gasteiger partial charge in [0.15, 0.2) is 0 Å². The fraction of sp³-hybridized carbons (Fsp3) is 0.520. The summed E-state index contributed by atoms with van der Waals surface area (Å²) in [5.41, 5.74) is 5.14. The van der Waals surface area contributed by atoms with Gasteiger partial charge in [0, 0.05) is 25.5 Å². The van der Waals surface area contributed by atoms with Crippen molar-refractivity contribution in [2.75, 3.05) is 32.8 Å². The number of hydrogen-bond acceptors (Lipinski definition) is 12. The molecule has 0 radical (unpaired) electrons. The minimum absolute atomic E-state index is 0.0437. The maximum Gasteiger partial charge on any atom is 0.328 e. The van der Waals surface area contributed by atoms with E-state index in [0.717, 1.165) is 10.8 Å². The van der Waals surface area contributed by atoms with Crippen molar-refractivity contribution in [2.24, 2.45) is 23.7 Å². The van der Waals surface area contributed by atoms with Crippen LogP contribution in [0.1, 0.15) is 105 Å². The van der Waals surface area contributed by atoms with E-state index in [9.17, 15) is 38.4 Å². The summed E-state index contributed by atoms with van der Waals surface area (Å²) in [5.74, 6) is -3.38. The highest BCUT2D eigenvalue weighted by Gasteiger charge is 2.33. The fourth-order valence-electron chi connectivity index (χ4n) is 7.06. The molecule has 3 aromatic rings. The Morgan fingerprint density at radius 2 is 1.10 bits per heavy atom. The largest absolute Gasteiger partial charge is 0.496 e. The first-order valence-electron chi connectivity index (χ1n) is 23.3. The second-order valence-electron chi connectivity index (χ2n) is 18.1. The summed E-state index contributed by atoms with van der Waals surface area (Å²) in [7, 11) is 2.63. The second kappa shape index (κ2) is 27.8. The molecule has 0 saturated heterocycles. The van der Waals surface area contributed by atoms with Crippen molar-refractivity contribution >= 4 is 63.8 Å². The molecule has 19 nitrogen and oxygen atoms in total. The number of methoxy groups -OCH3 is 2. The van der Waals surface area contributed by atoms with E-state index < -0.39 is 53.8 Å². The standard InChI is InChI=1S/C50H71N7O12/c1-28(2)24-39(47(62)55-45(31(7)8)50(65)67-11)52-48(63)43(29(3)4)53-41(59)14-12-22-68-36-19-16-33-17-20-37(26-34(33)25-36)69-23-13-15-42(60)54-44(30(5)6)49(64)57-56-46(61)38-27-35(51-32(9)58)18-21-40(38)66-10/h16-21,25-31,39,43-45H,12-15,22-24H2,1-11H3,(H,51,58)(H,52,63)(H,53,59)(H,54,60)(H,55,62)(H,56,61)(H,57,64)/t39-,43-,44-,45-/m0/s1. The third-order valence-electron chi connectivity index (χ3n) is 10.8. The Kier molecular flexibility index (Phi) is 22.7. The zero-order valence-electron chi connectivity index (χ0n) is 41.7. The van der Waals surface area contributed by atoms with E-state index in [2.05, 4.69) is 37.4 Å². The van der Waals surface area contributed by atoms with Crippen molar-refractivity contribution in [3.05, 3.63) is 60.2 Å². The number of carbonyl (C=O) groups is 8. The van der Waals surface area contributed by atoms with Gasteiger partial charge in [-0.25, -0.2) is 4.79 Å². The average molecular weight is 962 g/mol. The van der Waals surface area contributed by atoms with Crippen LogP contribution in [0.2, 0.25) is 0 Å². The second-order valence-corrected chi connectivity index (χ2v) is 18.1. The molecule has 3 rings (SSSR count). The van der Waals surface area contributed by atoms with Gasteiger partial charge in [0.25, 0.3) is 11.8 Å². The van der Waals surface area contributed by atoms with Crippen LogP contribution in [0.3, 0.4) is 0 Å². The third-order valence-corrected chi connectivity index (χ3v) is 10.8. The van der Waals surface area contributed by atoms with Crippen LogP contribution in [0.5, 0.6) is 17.2 Å². The van der Waals surface area contributed by atoms with Crippen molar-refractivity contribution in [3.63, 3.8) is 0 Å². The molecule has 0 spiro atoms. The topological polar surface area (TPSA) is 258 Å². The number of amides is 7. The molecule has 3 aromatic carbocycles. The van der Waals surface area contributed by atoms with Crippen LogP contribution >= 0.6 is 0 Å². The minimum atomic E-state index is -0.952. The summed E-state index contributed by atoms with van der Waals surface area (Å²) in [6.45, 7) is 16.3. The molecule has 7 amide bonds. The average Bonchev–Trinajstić information content (AvgIpc) is 3.29. The van der Waals surface area contributed by atoms with Crippen molar-refractivity contribution in [2.45, 2.75) is 119 Å². The Hall–Kier alpha value is -6.92. The molecule has 378 valence electrons. The lowest BCUT2D eigenvalue weighted by molar-refractivity contribution is -0.146. The van der Waals surface area contributed by atoms with Crippen LogP contribution in [0.25, 0.3) is 10.8 Å². The highest BCUT2D eigenvalue weighted by molar-refractivity contribution is 6.00. The van der Waals surface area contributed by atoms with Crippen LogP contribution in [-0.4, -0.2) is 98.9 Å². The molecule has 0 aromatic heterocycles. The molecular formula is C50H71N7O12. The number of benzene rings is 3. The number of anilines is 1. The van der Waals surface area contributed by atoms with Crippen LogP contribution < -0.4 is 51.6 Å². The van der Waals surface area contributed by atoms with Gasteiger partial charge in [0.2, 0.25) is 29.5 Å². The van der Waals surface area contributed by atoms with Crippen molar-refractivity contribution < 1.29 is 57.3 Å². The molecule has 0 bridgehead atoms. The lowest BCUT2D eigenvalue weighted by Crippen LogP contribution is -2.57. The molecule has 0 heterocycles. The molecule has 0 saturated carbocycles. The molecule has 7 N–H and O–H groups in total. The predicted octanol–water partition coefficient (Wildman–Crippen LogP) is 4.71. The van der Waals surface area contributed by atoms with E-state index in [-0.39, 0.29) is 78.8 Å². The predicted molar refractivity (Wildman–Crippen MR) is 260 cm³/mol. The quantitative estimate of drug-likeness (QED) is 0.0328. The number of nitrogens with one attached hydrogen (secondary N) is 7. The summed E-state index contributed by atoms with van der Waals surface area (Å²) < 4.78 is 22.0. The summed E-state index contributed by atoms with van der Waals surface area (Å²) in [4.78, 5) is 102. The molecule has 69 heavy (non-hydrogen) atoms. The van der Waals surface area contributed by atoms with Crippen molar-refractivity contribution in [1.82, 2.24) is 32.1 Å². The summed E-state index contributed by atoms with van der Waals surface area (Å²) >= 11 is 0. The number of ether oxygens (including phenoxy) is 4. The summed E-state index contributed by atoms with van der Waals surface area (Å²) in [6, 6.07) is 12.0. The van der Waals surface area contributed by atoms with Gasteiger partial charge in [-0.1, -0.05) is 67.5 Å². The van der Waals surface area contributed by atoms with Gasteiger partial charge in [0.05, 0.1) is 33.0 Å². The Balaban J connectivity index is 1.47. The lowest BCUT2D eigenvalue weighted by atomic mass is 9.98. The smallest absolute Gasteiger partial charge is 0.328 e. The number of hydrogen-bond donors (Lipinski definition) is 7. The van der Waals surface area contributed by atoms with Gasteiger partial charge in [-0.3, -0.25) is 44.4 Å². The minimum Gasteiger partial charge on any atom is -0.496 e. The van der Waals surface area contributed by atoms with E-state index in [4.69, 9.17) is 18.9 Å². The zero-order chi connectivity index (χ0) is 51.4. The number of carbonyl (C=O) groups excluding carboxylic acids is 8. The SMILES string of the molecule is COC(=O)[C@@H](NC(=O)[C@H](CC(C)C)NC(=O)[C@@H](NC(=O)CCCOc1ccc2ccc(OCCCC(=O)N[C@H](C(=O)NNC(=O)c3cc(NC(C)=O)ccc3OC)C(C)C)cc2c1)C(C)C)C(C)C. The van der Waals surface area contributed by atoms with E-state index in [0.29, 0.717) is 36.4 Å². The first-order chi connectivity index (χ1) is 32.6. The van der Waals surface area contributed by atoms with Crippen LogP contribution in [0.4, 0.5) is 5.69 Å². The first kappa shape index (κ1) is 56.4. The van der Waals surface area contributed by atoms with Crippen LogP contribution in [0.15, 0.2) is 54.6 Å². The van der Waals surface area contributed by atoms with Crippen LogP contribution in [-0.2, 0) is 38.3 Å². The third kappa shape index (κ3) is 18.6. The zero-order valence-corrected chi connectivity index (χ0v) is 41.7. The molecule has 19 heteroatoms. The Morgan fingerprint density at radius 1 is 0.565 bits per heavy atom. The van der Waals surface area contributed by atoms with Gasteiger partial charge >= 0.3 is 5.97 Å². The summed E-state index contributed by atoms with van der Waals surface area (Å²) in [5, 5.41) is 15.4. The summed E-state index contributed by atoms with van der Waals surface area (Å²) in [6.07, 6.45) is 1.19. The Morgan fingerprint density at radius 3 is 1.58 bits per heavy atom. The molecule has 0 aliphatic heterocycles.